The maximum Gasteiger partial charge on any atom is 0.344 e. The molecule has 0 spiro atoms. The van der Waals surface area contributed by atoms with Crippen LogP contribution >= 0.6 is 0 Å². The summed E-state index contributed by atoms with van der Waals surface area (Å²) in [5.74, 6) is -0.214. The first kappa shape index (κ1) is 22.5. The third-order valence-corrected chi connectivity index (χ3v) is 4.40. The maximum atomic E-state index is 12.5. The van der Waals surface area contributed by atoms with E-state index in [1.165, 1.54) is 5.56 Å². The average Bonchev–Trinajstić information content (AvgIpc) is 2.69. The van der Waals surface area contributed by atoms with Gasteiger partial charge in [-0.3, -0.25) is 0 Å². The zero-order valence-electron chi connectivity index (χ0n) is 17.9. The maximum absolute atomic E-state index is 12.5. The Labute approximate surface area is 173 Å². The molecular formula is C24H30O5. The lowest BCUT2D eigenvalue weighted by atomic mass is 9.98. The van der Waals surface area contributed by atoms with Crippen LogP contribution in [0, 0.1) is 0 Å². The minimum absolute atomic E-state index is 0.167. The Bertz CT molecular complexity index is 818. The standard InChI is InChI=1S/C24H30O5/c1-6-17(2)19-13-11-18(12-14-19)15-28-23(26)20-9-7-8-10-21(20)27-16-22(25)29-24(3,4)5/h7-14,17H,6,15-16H2,1-5H3. The van der Waals surface area contributed by atoms with E-state index < -0.39 is 17.5 Å². The molecule has 5 nitrogen and oxygen atoms in total. The molecule has 1 atom stereocenters. The molecule has 0 aromatic heterocycles. The molecule has 2 aromatic carbocycles. The fourth-order valence-electron chi connectivity index (χ4n) is 2.67. The summed E-state index contributed by atoms with van der Waals surface area (Å²) in [5, 5.41) is 0. The summed E-state index contributed by atoms with van der Waals surface area (Å²) < 4.78 is 16.2. The predicted octanol–water partition coefficient (Wildman–Crippen LogP) is 5.28. The van der Waals surface area contributed by atoms with Crippen LogP contribution in [0.2, 0.25) is 0 Å². The van der Waals surface area contributed by atoms with Crippen LogP contribution in [0.5, 0.6) is 5.75 Å². The molecule has 1 unspecified atom stereocenters. The van der Waals surface area contributed by atoms with Crippen molar-refractivity contribution in [3.63, 3.8) is 0 Å². The van der Waals surface area contributed by atoms with Crippen LogP contribution < -0.4 is 4.74 Å². The van der Waals surface area contributed by atoms with Gasteiger partial charge in [-0.15, -0.1) is 0 Å². The van der Waals surface area contributed by atoms with Crippen molar-refractivity contribution in [2.45, 2.75) is 59.2 Å². The second kappa shape index (κ2) is 10.1. The molecule has 0 saturated carbocycles. The van der Waals surface area contributed by atoms with Gasteiger partial charge < -0.3 is 14.2 Å². The zero-order valence-corrected chi connectivity index (χ0v) is 17.9. The number of hydrogen-bond acceptors (Lipinski definition) is 5. The molecule has 0 radical (unpaired) electrons. The lowest BCUT2D eigenvalue weighted by Crippen LogP contribution is -2.27. The molecule has 5 heteroatoms. The van der Waals surface area contributed by atoms with E-state index in [0.717, 1.165) is 12.0 Å². The molecule has 156 valence electrons. The molecular weight excluding hydrogens is 368 g/mol. The number of esters is 2. The molecule has 2 aromatic rings. The van der Waals surface area contributed by atoms with Crippen LogP contribution in [-0.4, -0.2) is 24.1 Å². The summed E-state index contributed by atoms with van der Waals surface area (Å²) in [6, 6.07) is 14.8. The van der Waals surface area contributed by atoms with E-state index in [1.807, 2.05) is 12.1 Å². The summed E-state index contributed by atoms with van der Waals surface area (Å²) in [6.45, 7) is 9.58. The van der Waals surface area contributed by atoms with E-state index >= 15 is 0 Å². The Morgan fingerprint density at radius 1 is 1.00 bits per heavy atom. The number of rotatable bonds is 8. The summed E-state index contributed by atoms with van der Waals surface area (Å²) in [7, 11) is 0. The second-order valence-corrected chi connectivity index (χ2v) is 8.00. The van der Waals surface area contributed by atoms with Crippen LogP contribution in [0.1, 0.15) is 68.4 Å². The Hall–Kier alpha value is -2.82. The normalized spacial score (nSPS) is 12.2. The van der Waals surface area contributed by atoms with Crippen molar-refractivity contribution in [1.29, 1.82) is 0 Å². The highest BCUT2D eigenvalue weighted by Gasteiger charge is 2.19. The van der Waals surface area contributed by atoms with Gasteiger partial charge >= 0.3 is 11.9 Å². The van der Waals surface area contributed by atoms with Crippen LogP contribution in [0.25, 0.3) is 0 Å². The van der Waals surface area contributed by atoms with Gasteiger partial charge in [-0.05, 0) is 56.4 Å². The number of benzene rings is 2. The number of para-hydroxylation sites is 1. The molecule has 0 aliphatic carbocycles. The van der Waals surface area contributed by atoms with Crippen molar-refractivity contribution in [2.24, 2.45) is 0 Å². The van der Waals surface area contributed by atoms with Crippen molar-refractivity contribution >= 4 is 11.9 Å². The van der Waals surface area contributed by atoms with Crippen LogP contribution in [0.15, 0.2) is 48.5 Å². The van der Waals surface area contributed by atoms with E-state index in [2.05, 4.69) is 26.0 Å². The molecule has 0 saturated heterocycles. The molecule has 0 heterocycles. The molecule has 0 amide bonds. The van der Waals surface area contributed by atoms with E-state index in [0.29, 0.717) is 5.92 Å². The Kier molecular flexibility index (Phi) is 7.82. The zero-order chi connectivity index (χ0) is 21.4. The van der Waals surface area contributed by atoms with E-state index in [-0.39, 0.29) is 24.5 Å². The van der Waals surface area contributed by atoms with Gasteiger partial charge in [0.1, 0.15) is 23.5 Å². The van der Waals surface area contributed by atoms with Crippen molar-refractivity contribution in [3.8, 4) is 5.75 Å². The number of ether oxygens (including phenoxy) is 3. The van der Waals surface area contributed by atoms with Crippen LogP contribution in [-0.2, 0) is 20.9 Å². The Morgan fingerprint density at radius 3 is 2.28 bits per heavy atom. The average molecular weight is 398 g/mol. The first-order chi connectivity index (χ1) is 13.7. The minimum atomic E-state index is -0.594. The first-order valence-electron chi connectivity index (χ1n) is 9.89. The van der Waals surface area contributed by atoms with E-state index in [9.17, 15) is 9.59 Å². The highest BCUT2D eigenvalue weighted by atomic mass is 16.6. The number of carbonyl (C=O) groups excluding carboxylic acids is 2. The van der Waals surface area contributed by atoms with E-state index in [1.54, 1.807) is 45.0 Å². The van der Waals surface area contributed by atoms with Gasteiger partial charge in [0.25, 0.3) is 0 Å². The fourth-order valence-corrected chi connectivity index (χ4v) is 2.67. The molecule has 2 rings (SSSR count). The van der Waals surface area contributed by atoms with Crippen molar-refractivity contribution in [3.05, 3.63) is 65.2 Å². The topological polar surface area (TPSA) is 61.8 Å². The summed E-state index contributed by atoms with van der Waals surface area (Å²) >= 11 is 0. The van der Waals surface area contributed by atoms with Crippen molar-refractivity contribution in [1.82, 2.24) is 0 Å². The lowest BCUT2D eigenvalue weighted by molar-refractivity contribution is -0.157. The Morgan fingerprint density at radius 2 is 1.66 bits per heavy atom. The number of carbonyl (C=O) groups is 2. The molecule has 0 aliphatic rings. The monoisotopic (exact) mass is 398 g/mol. The molecule has 0 N–H and O–H groups in total. The molecule has 0 aliphatic heterocycles. The van der Waals surface area contributed by atoms with Gasteiger partial charge in [0.15, 0.2) is 6.61 Å². The SMILES string of the molecule is CCC(C)c1ccc(COC(=O)c2ccccc2OCC(=O)OC(C)(C)C)cc1. The summed E-state index contributed by atoms with van der Waals surface area (Å²) in [6.07, 6.45) is 1.08. The second-order valence-electron chi connectivity index (χ2n) is 8.00. The van der Waals surface area contributed by atoms with E-state index in [4.69, 9.17) is 14.2 Å². The highest BCUT2D eigenvalue weighted by Crippen LogP contribution is 2.21. The van der Waals surface area contributed by atoms with Gasteiger partial charge in [-0.1, -0.05) is 50.2 Å². The highest BCUT2D eigenvalue weighted by molar-refractivity contribution is 5.92. The minimum Gasteiger partial charge on any atom is -0.481 e. The quantitative estimate of drug-likeness (QED) is 0.566. The van der Waals surface area contributed by atoms with Crippen LogP contribution in [0.3, 0.4) is 0 Å². The van der Waals surface area contributed by atoms with Crippen molar-refractivity contribution in [2.75, 3.05) is 6.61 Å². The summed E-state index contributed by atoms with van der Waals surface area (Å²) in [5.41, 5.74) is 1.86. The molecule has 0 bridgehead atoms. The Balaban J connectivity index is 1.96. The fraction of sp³-hybridized carbons (Fsp3) is 0.417. The molecule has 0 fully saturated rings. The van der Waals surface area contributed by atoms with Gasteiger partial charge in [-0.25, -0.2) is 9.59 Å². The van der Waals surface area contributed by atoms with Crippen molar-refractivity contribution < 1.29 is 23.8 Å². The van der Waals surface area contributed by atoms with Gasteiger partial charge in [0, 0.05) is 0 Å². The number of hydrogen-bond donors (Lipinski definition) is 0. The first-order valence-corrected chi connectivity index (χ1v) is 9.89. The van der Waals surface area contributed by atoms with Crippen LogP contribution in [0.4, 0.5) is 0 Å². The third kappa shape index (κ3) is 7.26. The van der Waals surface area contributed by atoms with Gasteiger partial charge in [-0.2, -0.15) is 0 Å². The predicted molar refractivity (Wildman–Crippen MR) is 112 cm³/mol. The van der Waals surface area contributed by atoms with Gasteiger partial charge in [0.2, 0.25) is 0 Å². The third-order valence-electron chi connectivity index (χ3n) is 4.40. The summed E-state index contributed by atoms with van der Waals surface area (Å²) in [4.78, 5) is 24.4. The smallest absolute Gasteiger partial charge is 0.344 e. The van der Waals surface area contributed by atoms with Gasteiger partial charge in [0.05, 0.1) is 0 Å². The lowest BCUT2D eigenvalue weighted by Gasteiger charge is -2.19. The largest absolute Gasteiger partial charge is 0.481 e. The molecule has 29 heavy (non-hydrogen) atoms.